The number of halogens is 1. The number of nitrogens with zero attached hydrogens (tertiary/aromatic N) is 1. The van der Waals surface area contributed by atoms with E-state index in [0.29, 0.717) is 0 Å². The molecule has 1 heterocycles. The Bertz CT molecular complexity index is 552. The molecule has 2 aromatic rings. The number of ether oxygens (including phenoxy) is 1. The number of benzene rings is 1. The minimum atomic E-state index is -0.248. The maximum atomic E-state index is 12.7. The molecule has 0 unspecified atom stereocenters. The number of hydrogen-bond donors (Lipinski definition) is 0. The third kappa shape index (κ3) is 5.84. The van der Waals surface area contributed by atoms with Gasteiger partial charge in [0.25, 0.3) is 0 Å². The van der Waals surface area contributed by atoms with E-state index >= 15 is 0 Å². The van der Waals surface area contributed by atoms with Crippen molar-refractivity contribution >= 4 is 0 Å². The fraction of sp³-hybridized carbons (Fsp3) is 0.421. The summed E-state index contributed by atoms with van der Waals surface area (Å²) in [6, 6.07) is 9.79. The molecule has 0 bridgehead atoms. The van der Waals surface area contributed by atoms with Crippen LogP contribution in [0.4, 0.5) is 4.39 Å². The Morgan fingerprint density at radius 1 is 1.09 bits per heavy atom. The molecule has 0 N–H and O–H groups in total. The molecule has 3 heteroatoms. The molecule has 0 fully saturated rings. The number of pyridine rings is 1. The summed E-state index contributed by atoms with van der Waals surface area (Å²) >= 11 is 0. The summed E-state index contributed by atoms with van der Waals surface area (Å²) in [7, 11) is 1.60. The Balaban J connectivity index is 0.000000295. The topological polar surface area (TPSA) is 22.1 Å². The normalized spacial score (nSPS) is 11.6. The lowest BCUT2D eigenvalue weighted by atomic mass is 9.96. The minimum Gasteiger partial charge on any atom is -0.497 e. The molecule has 0 amide bonds. The first kappa shape index (κ1) is 18.1. The highest BCUT2D eigenvalue weighted by Gasteiger charge is 2.01. The zero-order valence-electron chi connectivity index (χ0n) is 14.1. The van der Waals surface area contributed by atoms with Crippen molar-refractivity contribution in [3.63, 3.8) is 0 Å². The van der Waals surface area contributed by atoms with Crippen LogP contribution in [0.15, 0.2) is 42.6 Å². The first-order chi connectivity index (χ1) is 10.5. The molecule has 1 aromatic carbocycles. The Hall–Kier alpha value is -1.90. The van der Waals surface area contributed by atoms with Gasteiger partial charge in [-0.25, -0.2) is 4.39 Å². The standard InChI is InChI=1S/C12H10FNO.C7H16/c1-15-11-6-7-14-12(8-11)9-2-4-10(13)5-3-9;1-5-7(4)6(2)3/h2-8H,1H3;6-7H,5H2,1-4H3/t;7-/m.1/s1. The number of methoxy groups -OCH3 is 1. The van der Waals surface area contributed by atoms with E-state index in [1.54, 1.807) is 31.5 Å². The molecule has 0 saturated heterocycles. The van der Waals surface area contributed by atoms with Gasteiger partial charge in [0.1, 0.15) is 11.6 Å². The summed E-state index contributed by atoms with van der Waals surface area (Å²) in [6.45, 7) is 9.08. The minimum absolute atomic E-state index is 0.248. The van der Waals surface area contributed by atoms with E-state index in [1.165, 1.54) is 18.6 Å². The molecule has 1 aromatic heterocycles. The molecule has 0 radical (unpaired) electrons. The molecule has 0 aliphatic carbocycles. The quantitative estimate of drug-likeness (QED) is 0.735. The molecule has 0 aliphatic heterocycles. The average Bonchev–Trinajstić information content (AvgIpc) is 2.55. The molecule has 0 aliphatic rings. The van der Waals surface area contributed by atoms with Crippen molar-refractivity contribution in [2.75, 3.05) is 7.11 Å². The van der Waals surface area contributed by atoms with Gasteiger partial charge >= 0.3 is 0 Å². The van der Waals surface area contributed by atoms with E-state index in [0.717, 1.165) is 28.8 Å². The van der Waals surface area contributed by atoms with Crippen molar-refractivity contribution in [3.05, 3.63) is 48.4 Å². The molecule has 1 atom stereocenters. The predicted molar refractivity (Wildman–Crippen MR) is 90.5 cm³/mol. The van der Waals surface area contributed by atoms with E-state index < -0.39 is 0 Å². The highest BCUT2D eigenvalue weighted by atomic mass is 19.1. The van der Waals surface area contributed by atoms with Crippen LogP contribution in [-0.2, 0) is 0 Å². The molecule has 0 spiro atoms. The highest BCUT2D eigenvalue weighted by Crippen LogP contribution is 2.21. The van der Waals surface area contributed by atoms with Gasteiger partial charge in [-0.15, -0.1) is 0 Å². The van der Waals surface area contributed by atoms with E-state index in [4.69, 9.17) is 4.74 Å². The first-order valence-electron chi connectivity index (χ1n) is 7.73. The Morgan fingerprint density at radius 2 is 1.73 bits per heavy atom. The van der Waals surface area contributed by atoms with E-state index in [-0.39, 0.29) is 5.82 Å². The van der Waals surface area contributed by atoms with E-state index in [1.807, 2.05) is 6.07 Å². The molecule has 2 nitrogen and oxygen atoms in total. The summed E-state index contributed by atoms with van der Waals surface area (Å²) in [6.07, 6.45) is 2.98. The van der Waals surface area contributed by atoms with Gasteiger partial charge in [0, 0.05) is 17.8 Å². The fourth-order valence-electron chi connectivity index (χ4n) is 1.79. The Kier molecular flexibility index (Phi) is 7.58. The smallest absolute Gasteiger partial charge is 0.123 e. The lowest BCUT2D eigenvalue weighted by Gasteiger charge is -2.10. The van der Waals surface area contributed by atoms with Crippen LogP contribution in [0.2, 0.25) is 0 Å². The Labute approximate surface area is 133 Å². The highest BCUT2D eigenvalue weighted by molar-refractivity contribution is 5.60. The van der Waals surface area contributed by atoms with Gasteiger partial charge in [0.05, 0.1) is 12.8 Å². The summed E-state index contributed by atoms with van der Waals surface area (Å²) in [5, 5.41) is 0. The van der Waals surface area contributed by atoms with Crippen LogP contribution in [0.25, 0.3) is 11.3 Å². The van der Waals surface area contributed by atoms with Crippen molar-refractivity contribution in [2.24, 2.45) is 11.8 Å². The lowest BCUT2D eigenvalue weighted by Crippen LogP contribution is -2.00. The van der Waals surface area contributed by atoms with Gasteiger partial charge in [-0.1, -0.05) is 34.1 Å². The molecular weight excluding hydrogens is 277 g/mol. The van der Waals surface area contributed by atoms with Gasteiger partial charge in [-0.2, -0.15) is 0 Å². The van der Waals surface area contributed by atoms with Gasteiger partial charge in [-0.3, -0.25) is 4.98 Å². The second-order valence-electron chi connectivity index (χ2n) is 5.72. The van der Waals surface area contributed by atoms with Crippen LogP contribution in [0.1, 0.15) is 34.1 Å². The molecule has 0 saturated carbocycles. The molecule has 120 valence electrons. The van der Waals surface area contributed by atoms with Crippen molar-refractivity contribution in [1.29, 1.82) is 0 Å². The summed E-state index contributed by atoms with van der Waals surface area (Å²) < 4.78 is 17.8. The predicted octanol–water partition coefficient (Wildman–Crippen LogP) is 5.58. The third-order valence-corrected chi connectivity index (χ3v) is 3.89. The van der Waals surface area contributed by atoms with Crippen LogP contribution in [0, 0.1) is 17.7 Å². The zero-order valence-corrected chi connectivity index (χ0v) is 14.1. The second kappa shape index (κ2) is 9.19. The van der Waals surface area contributed by atoms with Crippen LogP contribution in [0.3, 0.4) is 0 Å². The molecule has 2 rings (SSSR count). The second-order valence-corrected chi connectivity index (χ2v) is 5.72. The largest absolute Gasteiger partial charge is 0.497 e. The maximum Gasteiger partial charge on any atom is 0.123 e. The van der Waals surface area contributed by atoms with Crippen molar-refractivity contribution in [1.82, 2.24) is 4.98 Å². The van der Waals surface area contributed by atoms with Crippen molar-refractivity contribution in [2.45, 2.75) is 34.1 Å². The van der Waals surface area contributed by atoms with Gasteiger partial charge < -0.3 is 4.74 Å². The summed E-state index contributed by atoms with van der Waals surface area (Å²) in [5.41, 5.74) is 1.64. The van der Waals surface area contributed by atoms with Gasteiger partial charge in [0.2, 0.25) is 0 Å². The molecule has 22 heavy (non-hydrogen) atoms. The van der Waals surface area contributed by atoms with Crippen LogP contribution >= 0.6 is 0 Å². The first-order valence-corrected chi connectivity index (χ1v) is 7.73. The van der Waals surface area contributed by atoms with Crippen molar-refractivity contribution < 1.29 is 9.13 Å². The number of rotatable bonds is 4. The van der Waals surface area contributed by atoms with Crippen LogP contribution in [-0.4, -0.2) is 12.1 Å². The van der Waals surface area contributed by atoms with Gasteiger partial charge in [0.15, 0.2) is 0 Å². The third-order valence-electron chi connectivity index (χ3n) is 3.89. The van der Waals surface area contributed by atoms with Crippen LogP contribution < -0.4 is 4.74 Å². The van der Waals surface area contributed by atoms with E-state index in [2.05, 4.69) is 32.7 Å². The zero-order chi connectivity index (χ0) is 16.5. The SMILES string of the molecule is CC[C@@H](C)C(C)C.COc1ccnc(-c2ccc(F)cc2)c1. The fourth-order valence-corrected chi connectivity index (χ4v) is 1.79. The Morgan fingerprint density at radius 3 is 2.18 bits per heavy atom. The van der Waals surface area contributed by atoms with E-state index in [9.17, 15) is 4.39 Å². The average molecular weight is 303 g/mol. The van der Waals surface area contributed by atoms with Gasteiger partial charge in [-0.05, 0) is 42.2 Å². The summed E-state index contributed by atoms with van der Waals surface area (Å²) in [4.78, 5) is 4.18. The van der Waals surface area contributed by atoms with Crippen LogP contribution in [0.5, 0.6) is 5.75 Å². The number of aromatic nitrogens is 1. The monoisotopic (exact) mass is 303 g/mol. The van der Waals surface area contributed by atoms with Crippen molar-refractivity contribution in [3.8, 4) is 17.0 Å². The maximum absolute atomic E-state index is 12.7. The summed E-state index contributed by atoms with van der Waals surface area (Å²) in [5.74, 6) is 2.26. The number of hydrogen-bond acceptors (Lipinski definition) is 2. The lowest BCUT2D eigenvalue weighted by molar-refractivity contribution is 0.407. The molecular formula is C19H26FNO.